The Bertz CT molecular complexity index is 411. The lowest BCUT2D eigenvalue weighted by molar-refractivity contribution is -0.138. The predicted octanol–water partition coefficient (Wildman–Crippen LogP) is 1.70. The molecule has 2 aliphatic heterocycles. The molecule has 0 bridgehead atoms. The van der Waals surface area contributed by atoms with E-state index in [1.807, 2.05) is 16.8 Å². The van der Waals surface area contributed by atoms with Gasteiger partial charge in [0.1, 0.15) is 0 Å². The number of rotatable bonds is 4. The van der Waals surface area contributed by atoms with Crippen molar-refractivity contribution in [1.82, 2.24) is 20.4 Å². The normalized spacial score (nSPS) is 22.2. The Labute approximate surface area is 152 Å². The van der Waals surface area contributed by atoms with E-state index in [2.05, 4.69) is 24.5 Å². The van der Waals surface area contributed by atoms with Crippen LogP contribution in [0.3, 0.4) is 0 Å². The highest BCUT2D eigenvalue weighted by Gasteiger charge is 2.32. The molecule has 2 N–H and O–H groups in total. The van der Waals surface area contributed by atoms with Gasteiger partial charge in [0.15, 0.2) is 0 Å². The van der Waals surface area contributed by atoms with E-state index in [1.54, 1.807) is 0 Å². The van der Waals surface area contributed by atoms with E-state index in [-0.39, 0.29) is 30.3 Å². The highest BCUT2D eigenvalue weighted by molar-refractivity contribution is 5.85. The summed E-state index contributed by atoms with van der Waals surface area (Å²) in [6.07, 6.45) is 3.86. The van der Waals surface area contributed by atoms with Crippen LogP contribution in [0.1, 0.15) is 39.5 Å². The molecule has 7 heteroatoms. The topological polar surface area (TPSA) is 64.7 Å². The van der Waals surface area contributed by atoms with Crippen molar-refractivity contribution in [3.8, 4) is 0 Å². The van der Waals surface area contributed by atoms with E-state index in [0.29, 0.717) is 25.0 Å². The van der Waals surface area contributed by atoms with Crippen LogP contribution in [0.15, 0.2) is 0 Å². The molecule has 2 heterocycles. The second kappa shape index (κ2) is 10.1. The van der Waals surface area contributed by atoms with Crippen LogP contribution < -0.4 is 10.6 Å². The molecule has 0 aromatic heterocycles. The zero-order valence-electron chi connectivity index (χ0n) is 15.2. The van der Waals surface area contributed by atoms with E-state index < -0.39 is 0 Å². The van der Waals surface area contributed by atoms with Crippen molar-refractivity contribution in [2.45, 2.75) is 45.6 Å². The Kier molecular flexibility index (Phi) is 8.84. The average Bonchev–Trinajstić information content (AvgIpc) is 2.59. The Balaban J connectivity index is 0.00000288. The van der Waals surface area contributed by atoms with Crippen LogP contribution in [0.25, 0.3) is 0 Å². The third-order valence-electron chi connectivity index (χ3n) is 4.93. The van der Waals surface area contributed by atoms with Crippen LogP contribution in [0, 0.1) is 11.8 Å². The lowest BCUT2D eigenvalue weighted by Gasteiger charge is -2.37. The first-order valence-corrected chi connectivity index (χ1v) is 9.00. The van der Waals surface area contributed by atoms with Crippen molar-refractivity contribution in [2.75, 3.05) is 39.8 Å². The fraction of sp³-hybridized carbons (Fsp3) is 0.882. The zero-order valence-corrected chi connectivity index (χ0v) is 16.0. The number of carbonyl (C=O) groups excluding carboxylic acids is 2. The summed E-state index contributed by atoms with van der Waals surface area (Å²) in [6, 6.07) is 0.508. The minimum Gasteiger partial charge on any atom is -0.342 e. The minimum atomic E-state index is -0.0281. The standard InChI is InChI=1S/C17H32N4O2.ClH/c1-13(2)11-19-17(23)21-8-4-5-14(12-21)16(22)20-9-6-15(18-3)7-10-20;/h13-15,18H,4-12H2,1-3H3,(H,19,23);1H. The van der Waals surface area contributed by atoms with Gasteiger partial charge in [-0.25, -0.2) is 4.79 Å². The fourth-order valence-electron chi connectivity index (χ4n) is 3.41. The third kappa shape index (κ3) is 5.81. The molecule has 1 unspecified atom stereocenters. The number of piperidine rings is 2. The first kappa shape index (κ1) is 21.0. The van der Waals surface area contributed by atoms with Gasteiger partial charge in [0.25, 0.3) is 0 Å². The summed E-state index contributed by atoms with van der Waals surface area (Å²) in [4.78, 5) is 28.7. The van der Waals surface area contributed by atoms with Crippen molar-refractivity contribution in [3.05, 3.63) is 0 Å². The van der Waals surface area contributed by atoms with E-state index in [4.69, 9.17) is 0 Å². The van der Waals surface area contributed by atoms with Gasteiger partial charge in [-0.2, -0.15) is 0 Å². The minimum absolute atomic E-state index is 0. The number of amides is 3. The monoisotopic (exact) mass is 360 g/mol. The van der Waals surface area contributed by atoms with Gasteiger partial charge in [0, 0.05) is 38.8 Å². The number of hydrogen-bond acceptors (Lipinski definition) is 3. The van der Waals surface area contributed by atoms with Gasteiger partial charge in [-0.3, -0.25) is 4.79 Å². The molecule has 2 saturated heterocycles. The molecule has 0 radical (unpaired) electrons. The van der Waals surface area contributed by atoms with Gasteiger partial charge >= 0.3 is 6.03 Å². The maximum atomic E-state index is 12.7. The molecule has 0 aliphatic carbocycles. The molecule has 3 amide bonds. The maximum absolute atomic E-state index is 12.7. The molecule has 0 spiro atoms. The van der Waals surface area contributed by atoms with E-state index in [0.717, 1.165) is 45.3 Å². The van der Waals surface area contributed by atoms with Crippen LogP contribution >= 0.6 is 12.4 Å². The van der Waals surface area contributed by atoms with Crippen LogP contribution in [0.2, 0.25) is 0 Å². The molecule has 2 rings (SSSR count). The second-order valence-corrected chi connectivity index (χ2v) is 7.25. The first-order valence-electron chi connectivity index (χ1n) is 9.00. The molecule has 0 saturated carbocycles. The van der Waals surface area contributed by atoms with Gasteiger partial charge in [-0.05, 0) is 38.6 Å². The summed E-state index contributed by atoms with van der Waals surface area (Å²) < 4.78 is 0. The summed E-state index contributed by atoms with van der Waals surface area (Å²) in [6.45, 7) is 7.84. The highest BCUT2D eigenvalue weighted by atomic mass is 35.5. The molecule has 0 aromatic rings. The van der Waals surface area contributed by atoms with Gasteiger partial charge in [0.2, 0.25) is 5.91 Å². The average molecular weight is 361 g/mol. The molecule has 24 heavy (non-hydrogen) atoms. The number of likely N-dealkylation sites (tertiary alicyclic amines) is 2. The number of urea groups is 1. The van der Waals surface area contributed by atoms with Crippen LogP contribution in [-0.2, 0) is 4.79 Å². The molecule has 140 valence electrons. The van der Waals surface area contributed by atoms with Crippen molar-refractivity contribution in [1.29, 1.82) is 0 Å². The van der Waals surface area contributed by atoms with E-state index in [9.17, 15) is 9.59 Å². The predicted molar refractivity (Wildman–Crippen MR) is 98.4 cm³/mol. The Hall–Kier alpha value is -1.01. The Morgan fingerprint density at radius 2 is 1.75 bits per heavy atom. The molecule has 2 aliphatic rings. The number of carbonyl (C=O) groups is 2. The summed E-state index contributed by atoms with van der Waals surface area (Å²) in [5.41, 5.74) is 0. The smallest absolute Gasteiger partial charge is 0.317 e. The number of hydrogen-bond donors (Lipinski definition) is 2. The van der Waals surface area contributed by atoms with Crippen molar-refractivity contribution in [3.63, 3.8) is 0 Å². The largest absolute Gasteiger partial charge is 0.342 e. The SMILES string of the molecule is CNC1CCN(C(=O)C2CCCN(C(=O)NCC(C)C)C2)CC1.Cl. The highest BCUT2D eigenvalue weighted by Crippen LogP contribution is 2.21. The Morgan fingerprint density at radius 3 is 2.33 bits per heavy atom. The Morgan fingerprint density at radius 1 is 1.08 bits per heavy atom. The van der Waals surface area contributed by atoms with Crippen LogP contribution in [0.4, 0.5) is 4.79 Å². The second-order valence-electron chi connectivity index (χ2n) is 7.25. The fourth-order valence-corrected chi connectivity index (χ4v) is 3.41. The van der Waals surface area contributed by atoms with Gasteiger partial charge in [0.05, 0.1) is 5.92 Å². The van der Waals surface area contributed by atoms with Crippen LogP contribution in [0.5, 0.6) is 0 Å². The molecular formula is C17H33ClN4O2. The number of nitrogens with zero attached hydrogens (tertiary/aromatic N) is 2. The van der Waals surface area contributed by atoms with Crippen molar-refractivity contribution < 1.29 is 9.59 Å². The summed E-state index contributed by atoms with van der Waals surface area (Å²) in [7, 11) is 1.98. The zero-order chi connectivity index (χ0) is 16.8. The number of halogens is 1. The lowest BCUT2D eigenvalue weighted by atomic mass is 9.95. The van der Waals surface area contributed by atoms with Crippen molar-refractivity contribution in [2.24, 2.45) is 11.8 Å². The molecule has 1 atom stereocenters. The first-order chi connectivity index (χ1) is 11.0. The van der Waals surface area contributed by atoms with Crippen molar-refractivity contribution >= 4 is 24.3 Å². The van der Waals surface area contributed by atoms with Gasteiger partial charge < -0.3 is 20.4 Å². The van der Waals surface area contributed by atoms with Crippen LogP contribution in [-0.4, -0.2) is 67.6 Å². The maximum Gasteiger partial charge on any atom is 0.317 e. The molecular weight excluding hydrogens is 328 g/mol. The molecule has 2 fully saturated rings. The summed E-state index contributed by atoms with van der Waals surface area (Å²) in [5, 5.41) is 6.25. The van der Waals surface area contributed by atoms with Gasteiger partial charge in [-0.15, -0.1) is 12.4 Å². The van der Waals surface area contributed by atoms with E-state index >= 15 is 0 Å². The summed E-state index contributed by atoms with van der Waals surface area (Å²) >= 11 is 0. The molecule has 0 aromatic carbocycles. The van der Waals surface area contributed by atoms with Gasteiger partial charge in [-0.1, -0.05) is 13.8 Å². The molecule has 6 nitrogen and oxygen atoms in total. The third-order valence-corrected chi connectivity index (χ3v) is 4.93. The van der Waals surface area contributed by atoms with E-state index in [1.165, 1.54) is 0 Å². The summed E-state index contributed by atoms with van der Waals surface area (Å²) in [5.74, 6) is 0.648. The number of nitrogens with one attached hydrogen (secondary N) is 2. The quantitative estimate of drug-likeness (QED) is 0.802. The lowest BCUT2D eigenvalue weighted by Crippen LogP contribution is -2.52.